The molecular weight excluding hydrogens is 366 g/mol. The van der Waals surface area contributed by atoms with Gasteiger partial charge in [-0.25, -0.2) is 15.0 Å². The number of imidazole rings is 1. The highest BCUT2D eigenvalue weighted by atomic mass is 16.5. The average Bonchev–Trinajstić information content (AvgIpc) is 3.17. The Balaban J connectivity index is 1.93. The second-order valence-corrected chi connectivity index (χ2v) is 7.35. The third-order valence-corrected chi connectivity index (χ3v) is 4.68. The highest BCUT2D eigenvalue weighted by Crippen LogP contribution is 2.31. The highest BCUT2D eigenvalue weighted by Gasteiger charge is 2.21. The predicted molar refractivity (Wildman–Crippen MR) is 115 cm³/mol. The Hall–Kier alpha value is -2.83. The second kappa shape index (κ2) is 9.58. The SMILES string of the molecule is CCCCOc1cc(Cn2cnc(NCC)c3nc(C(C)C)nc2-3)ccc1OC. The molecular formula is C22H31N5O2. The molecule has 0 radical (unpaired) electrons. The zero-order valence-electron chi connectivity index (χ0n) is 18.0. The molecule has 2 aliphatic heterocycles. The van der Waals surface area contributed by atoms with Crippen LogP contribution >= 0.6 is 0 Å². The van der Waals surface area contributed by atoms with Crippen LogP contribution in [0.25, 0.3) is 11.5 Å². The maximum Gasteiger partial charge on any atom is 0.166 e. The van der Waals surface area contributed by atoms with Crippen molar-refractivity contribution in [3.05, 3.63) is 35.9 Å². The Morgan fingerprint density at radius 1 is 1.14 bits per heavy atom. The van der Waals surface area contributed by atoms with Crippen molar-refractivity contribution in [2.45, 2.75) is 53.0 Å². The molecule has 0 unspecified atom stereocenters. The molecule has 0 fully saturated rings. The molecule has 0 aliphatic carbocycles. The molecule has 29 heavy (non-hydrogen) atoms. The van der Waals surface area contributed by atoms with Crippen molar-refractivity contribution in [3.63, 3.8) is 0 Å². The maximum atomic E-state index is 5.93. The number of aromatic nitrogens is 4. The minimum absolute atomic E-state index is 0.255. The number of methoxy groups -OCH3 is 1. The van der Waals surface area contributed by atoms with Gasteiger partial charge in [-0.15, -0.1) is 0 Å². The summed E-state index contributed by atoms with van der Waals surface area (Å²) in [4.78, 5) is 14.1. The van der Waals surface area contributed by atoms with E-state index in [9.17, 15) is 0 Å². The van der Waals surface area contributed by atoms with Crippen molar-refractivity contribution >= 4 is 5.82 Å². The second-order valence-electron chi connectivity index (χ2n) is 7.35. The van der Waals surface area contributed by atoms with E-state index in [1.807, 2.05) is 36.0 Å². The number of fused-ring (bicyclic) bond motifs is 1. The third-order valence-electron chi connectivity index (χ3n) is 4.68. The van der Waals surface area contributed by atoms with Gasteiger partial charge in [-0.2, -0.15) is 0 Å². The molecule has 0 saturated carbocycles. The van der Waals surface area contributed by atoms with Gasteiger partial charge < -0.3 is 19.4 Å². The lowest BCUT2D eigenvalue weighted by Gasteiger charge is -2.15. The zero-order chi connectivity index (χ0) is 20.8. The molecule has 156 valence electrons. The lowest BCUT2D eigenvalue weighted by molar-refractivity contribution is 0.288. The summed E-state index contributed by atoms with van der Waals surface area (Å²) >= 11 is 0. The molecule has 2 aliphatic rings. The van der Waals surface area contributed by atoms with E-state index in [0.717, 1.165) is 59.6 Å². The predicted octanol–water partition coefficient (Wildman–Crippen LogP) is 4.57. The van der Waals surface area contributed by atoms with Crippen LogP contribution in [0.5, 0.6) is 11.5 Å². The number of hydrogen-bond donors (Lipinski definition) is 1. The van der Waals surface area contributed by atoms with Gasteiger partial charge in [-0.3, -0.25) is 0 Å². The Labute approximate surface area is 172 Å². The molecule has 7 nitrogen and oxygen atoms in total. The standard InChI is InChI=1S/C22H31N5O2/c1-6-8-11-29-18-12-16(9-10-17(18)28-5)13-27-14-24-21(23-7-2)19-22(27)26-20(25-19)15(3)4/h9-10,12,14-15,23H,6-8,11,13H2,1-5H3. The number of nitrogens with zero attached hydrogens (tertiary/aromatic N) is 4. The van der Waals surface area contributed by atoms with Crippen LogP contribution in [0.3, 0.4) is 0 Å². The van der Waals surface area contributed by atoms with Crippen molar-refractivity contribution in [1.29, 1.82) is 0 Å². The molecule has 7 heteroatoms. The highest BCUT2D eigenvalue weighted by molar-refractivity contribution is 5.67. The topological polar surface area (TPSA) is 74.1 Å². The Bertz CT molecular complexity index is 906. The van der Waals surface area contributed by atoms with E-state index in [-0.39, 0.29) is 5.92 Å². The molecule has 0 spiro atoms. The summed E-state index contributed by atoms with van der Waals surface area (Å²) in [7, 11) is 1.66. The molecule has 0 amide bonds. The van der Waals surface area contributed by atoms with Crippen molar-refractivity contribution in [3.8, 4) is 23.0 Å². The summed E-state index contributed by atoms with van der Waals surface area (Å²) < 4.78 is 13.4. The Morgan fingerprint density at radius 3 is 2.66 bits per heavy atom. The number of anilines is 1. The fourth-order valence-corrected chi connectivity index (χ4v) is 3.08. The normalized spacial score (nSPS) is 11.2. The van der Waals surface area contributed by atoms with Crippen LogP contribution in [0, 0.1) is 0 Å². The minimum Gasteiger partial charge on any atom is -0.493 e. The van der Waals surface area contributed by atoms with Crippen molar-refractivity contribution < 1.29 is 9.47 Å². The van der Waals surface area contributed by atoms with Crippen LogP contribution in [0.1, 0.15) is 57.8 Å². The van der Waals surface area contributed by atoms with Gasteiger partial charge in [0.2, 0.25) is 0 Å². The van der Waals surface area contributed by atoms with Crippen LogP contribution in [0.15, 0.2) is 24.5 Å². The first-order chi connectivity index (χ1) is 14.1. The summed E-state index contributed by atoms with van der Waals surface area (Å²) in [6.45, 7) is 10.5. The largest absolute Gasteiger partial charge is 0.493 e. The lowest BCUT2D eigenvalue weighted by Crippen LogP contribution is -2.11. The number of ether oxygens (including phenoxy) is 2. The summed E-state index contributed by atoms with van der Waals surface area (Å²) in [6.07, 6.45) is 3.92. The number of benzene rings is 1. The van der Waals surface area contributed by atoms with E-state index in [2.05, 4.69) is 31.1 Å². The van der Waals surface area contributed by atoms with Crippen molar-refractivity contribution in [2.75, 3.05) is 25.6 Å². The van der Waals surface area contributed by atoms with Crippen LogP contribution in [0.4, 0.5) is 5.82 Å². The van der Waals surface area contributed by atoms with Crippen LogP contribution < -0.4 is 14.8 Å². The summed E-state index contributed by atoms with van der Waals surface area (Å²) in [5.74, 6) is 4.21. The first-order valence-corrected chi connectivity index (χ1v) is 10.3. The lowest BCUT2D eigenvalue weighted by atomic mass is 10.2. The maximum absolute atomic E-state index is 5.93. The first-order valence-electron chi connectivity index (χ1n) is 10.3. The van der Waals surface area contributed by atoms with Gasteiger partial charge in [0.15, 0.2) is 28.8 Å². The third kappa shape index (κ3) is 4.78. The molecule has 2 heterocycles. The van der Waals surface area contributed by atoms with Crippen molar-refractivity contribution in [2.24, 2.45) is 0 Å². The molecule has 0 saturated heterocycles. The van der Waals surface area contributed by atoms with Gasteiger partial charge in [-0.1, -0.05) is 33.3 Å². The number of rotatable bonds is 10. The smallest absolute Gasteiger partial charge is 0.166 e. The van der Waals surface area contributed by atoms with Gasteiger partial charge in [-0.05, 0) is 31.0 Å². The molecule has 0 aromatic heterocycles. The summed E-state index contributed by atoms with van der Waals surface area (Å²) in [5.41, 5.74) is 1.90. The average molecular weight is 398 g/mol. The fraction of sp³-hybridized carbons (Fsp3) is 0.500. The molecule has 1 aromatic rings. The van der Waals surface area contributed by atoms with Crippen LogP contribution in [-0.4, -0.2) is 39.8 Å². The number of hydrogen-bond acceptors (Lipinski definition) is 6. The minimum atomic E-state index is 0.255. The monoisotopic (exact) mass is 397 g/mol. The first kappa shape index (κ1) is 20.9. The molecule has 0 bridgehead atoms. The van der Waals surface area contributed by atoms with Crippen LogP contribution in [0.2, 0.25) is 0 Å². The van der Waals surface area contributed by atoms with Gasteiger partial charge >= 0.3 is 0 Å². The Kier molecular flexibility index (Phi) is 6.90. The van der Waals surface area contributed by atoms with Gasteiger partial charge in [0.25, 0.3) is 0 Å². The molecule has 0 atom stereocenters. The van der Waals surface area contributed by atoms with Gasteiger partial charge in [0.05, 0.1) is 26.6 Å². The van der Waals surface area contributed by atoms with E-state index in [1.165, 1.54) is 0 Å². The van der Waals surface area contributed by atoms with Gasteiger partial charge in [0.1, 0.15) is 5.82 Å². The molecule has 1 aromatic carbocycles. The summed E-state index contributed by atoms with van der Waals surface area (Å²) in [6, 6.07) is 6.03. The van der Waals surface area contributed by atoms with E-state index >= 15 is 0 Å². The molecule has 3 rings (SSSR count). The van der Waals surface area contributed by atoms with E-state index < -0.39 is 0 Å². The fourth-order valence-electron chi connectivity index (χ4n) is 3.08. The van der Waals surface area contributed by atoms with E-state index in [1.54, 1.807) is 7.11 Å². The summed E-state index contributed by atoms with van der Waals surface area (Å²) in [5, 5.41) is 3.28. The zero-order valence-corrected chi connectivity index (χ0v) is 18.0. The van der Waals surface area contributed by atoms with Crippen LogP contribution in [-0.2, 0) is 6.54 Å². The van der Waals surface area contributed by atoms with E-state index in [0.29, 0.717) is 13.2 Å². The van der Waals surface area contributed by atoms with Gasteiger partial charge in [0, 0.05) is 12.5 Å². The Morgan fingerprint density at radius 2 is 1.97 bits per heavy atom. The van der Waals surface area contributed by atoms with E-state index in [4.69, 9.17) is 19.4 Å². The van der Waals surface area contributed by atoms with Crippen molar-refractivity contribution in [1.82, 2.24) is 19.5 Å². The quantitative estimate of drug-likeness (QED) is 0.505. The number of nitrogens with one attached hydrogen (secondary N) is 1. The number of unbranched alkanes of at least 4 members (excludes halogenated alkanes) is 1. The molecule has 1 N–H and O–H groups in total.